The summed E-state index contributed by atoms with van der Waals surface area (Å²) in [6.07, 6.45) is 3.59. The largest absolute Gasteiger partial charge is 0.228 e. The van der Waals surface area contributed by atoms with Crippen LogP contribution in [0.4, 0.5) is 4.39 Å². The van der Waals surface area contributed by atoms with Gasteiger partial charge in [-0.1, -0.05) is 20.3 Å². The summed E-state index contributed by atoms with van der Waals surface area (Å²) in [4.78, 5) is 3.51. The quantitative estimate of drug-likeness (QED) is 0.631. The van der Waals surface area contributed by atoms with E-state index in [2.05, 4.69) is 18.8 Å². The maximum absolute atomic E-state index is 12.6. The third-order valence-electron chi connectivity index (χ3n) is 2.07. The maximum Gasteiger partial charge on any atom is 0.213 e. The summed E-state index contributed by atoms with van der Waals surface area (Å²) in [5.41, 5.74) is 1.04. The van der Waals surface area contributed by atoms with Gasteiger partial charge in [-0.2, -0.15) is 4.39 Å². The van der Waals surface area contributed by atoms with Crippen LogP contribution in [0, 0.1) is 11.9 Å². The van der Waals surface area contributed by atoms with E-state index in [1.54, 1.807) is 0 Å². The zero-order valence-corrected chi connectivity index (χ0v) is 7.55. The summed E-state index contributed by atoms with van der Waals surface area (Å²) in [6, 6.07) is 3.38. The Kier molecular flexibility index (Phi) is 3.20. The van der Waals surface area contributed by atoms with Gasteiger partial charge in [0, 0.05) is 6.20 Å². The van der Waals surface area contributed by atoms with Crippen LogP contribution < -0.4 is 0 Å². The Hall–Kier alpha value is -0.920. The molecular weight excluding hydrogens is 153 g/mol. The lowest BCUT2D eigenvalue weighted by molar-refractivity contribution is 0.548. The number of rotatable bonds is 3. The van der Waals surface area contributed by atoms with Gasteiger partial charge in [0.05, 0.1) is 0 Å². The molecule has 0 amide bonds. The highest BCUT2D eigenvalue weighted by Gasteiger charge is 2.01. The first-order chi connectivity index (χ1) is 5.72. The van der Waals surface area contributed by atoms with E-state index in [0.29, 0.717) is 5.92 Å². The van der Waals surface area contributed by atoms with Crippen molar-refractivity contribution in [2.45, 2.75) is 26.7 Å². The molecule has 0 aromatic carbocycles. The van der Waals surface area contributed by atoms with Gasteiger partial charge in [-0.25, -0.2) is 4.98 Å². The van der Waals surface area contributed by atoms with Crippen molar-refractivity contribution in [2.75, 3.05) is 0 Å². The molecule has 1 rings (SSSR count). The first-order valence-electron chi connectivity index (χ1n) is 4.32. The van der Waals surface area contributed by atoms with Gasteiger partial charge in [-0.3, -0.25) is 0 Å². The van der Waals surface area contributed by atoms with Crippen LogP contribution in [0.15, 0.2) is 18.3 Å². The third kappa shape index (κ3) is 2.61. The first-order valence-corrected chi connectivity index (χ1v) is 4.32. The Labute approximate surface area is 72.6 Å². The Balaban J connectivity index is 2.63. The fourth-order valence-corrected chi connectivity index (χ4v) is 1.12. The summed E-state index contributed by atoms with van der Waals surface area (Å²) >= 11 is 0. The predicted octanol–water partition coefficient (Wildman–Crippen LogP) is 2.81. The molecule has 0 saturated carbocycles. The molecule has 1 nitrogen and oxygen atoms in total. The average molecular weight is 167 g/mol. The molecule has 1 atom stereocenters. The Bertz CT molecular complexity index is 247. The van der Waals surface area contributed by atoms with Crippen molar-refractivity contribution in [1.82, 2.24) is 4.98 Å². The van der Waals surface area contributed by atoms with Gasteiger partial charge in [0.15, 0.2) is 0 Å². The first kappa shape index (κ1) is 9.17. The van der Waals surface area contributed by atoms with E-state index in [0.717, 1.165) is 18.4 Å². The van der Waals surface area contributed by atoms with E-state index in [1.807, 2.05) is 6.07 Å². The fourth-order valence-electron chi connectivity index (χ4n) is 1.12. The number of halogens is 1. The molecule has 1 heterocycles. The molecule has 0 saturated heterocycles. The minimum absolute atomic E-state index is 0.379. The standard InChI is InChI=1S/C10H14FN/c1-3-8(2)6-9-4-5-12-10(11)7-9/h4-5,7-8H,3,6H2,1-2H3. The van der Waals surface area contributed by atoms with Crippen molar-refractivity contribution in [3.8, 4) is 0 Å². The van der Waals surface area contributed by atoms with Gasteiger partial charge in [0.25, 0.3) is 0 Å². The molecule has 0 spiro atoms. The normalized spacial score (nSPS) is 12.9. The van der Waals surface area contributed by atoms with Crippen molar-refractivity contribution in [2.24, 2.45) is 5.92 Å². The van der Waals surface area contributed by atoms with E-state index in [9.17, 15) is 4.39 Å². The summed E-state index contributed by atoms with van der Waals surface area (Å²) in [5.74, 6) is 0.239. The third-order valence-corrected chi connectivity index (χ3v) is 2.07. The van der Waals surface area contributed by atoms with Gasteiger partial charge in [0.1, 0.15) is 0 Å². The Morgan fingerprint density at radius 1 is 1.58 bits per heavy atom. The zero-order chi connectivity index (χ0) is 8.97. The molecule has 2 heteroatoms. The number of hydrogen-bond donors (Lipinski definition) is 0. The SMILES string of the molecule is CCC(C)Cc1ccnc(F)c1. The van der Waals surface area contributed by atoms with E-state index in [1.165, 1.54) is 12.3 Å². The van der Waals surface area contributed by atoms with Gasteiger partial charge in [-0.05, 0) is 30.0 Å². The lowest BCUT2D eigenvalue weighted by Crippen LogP contribution is -1.98. The number of hydrogen-bond acceptors (Lipinski definition) is 1. The van der Waals surface area contributed by atoms with Crippen LogP contribution in [0.2, 0.25) is 0 Å². The van der Waals surface area contributed by atoms with Crippen LogP contribution in [-0.2, 0) is 6.42 Å². The van der Waals surface area contributed by atoms with Crippen LogP contribution in [0.25, 0.3) is 0 Å². The number of nitrogens with zero attached hydrogens (tertiary/aromatic N) is 1. The molecular formula is C10H14FN. The molecule has 0 fully saturated rings. The van der Waals surface area contributed by atoms with Crippen molar-refractivity contribution in [3.05, 3.63) is 29.8 Å². The highest BCUT2D eigenvalue weighted by molar-refractivity contribution is 5.11. The minimum Gasteiger partial charge on any atom is -0.228 e. The van der Waals surface area contributed by atoms with Gasteiger partial charge in [-0.15, -0.1) is 0 Å². The van der Waals surface area contributed by atoms with Crippen LogP contribution in [0.3, 0.4) is 0 Å². The highest BCUT2D eigenvalue weighted by atomic mass is 19.1. The fraction of sp³-hybridized carbons (Fsp3) is 0.500. The van der Waals surface area contributed by atoms with E-state index in [-0.39, 0.29) is 5.95 Å². The summed E-state index contributed by atoms with van der Waals surface area (Å²) in [7, 11) is 0. The number of pyridine rings is 1. The van der Waals surface area contributed by atoms with Crippen LogP contribution in [0.5, 0.6) is 0 Å². The highest BCUT2D eigenvalue weighted by Crippen LogP contribution is 2.10. The summed E-state index contributed by atoms with van der Waals surface area (Å²) in [5, 5.41) is 0. The second-order valence-corrected chi connectivity index (χ2v) is 3.20. The van der Waals surface area contributed by atoms with E-state index in [4.69, 9.17) is 0 Å². The zero-order valence-electron chi connectivity index (χ0n) is 7.55. The lowest BCUT2D eigenvalue weighted by Gasteiger charge is -2.07. The van der Waals surface area contributed by atoms with Gasteiger partial charge < -0.3 is 0 Å². The number of aromatic nitrogens is 1. The second kappa shape index (κ2) is 4.19. The van der Waals surface area contributed by atoms with Crippen molar-refractivity contribution >= 4 is 0 Å². The molecule has 0 bridgehead atoms. The second-order valence-electron chi connectivity index (χ2n) is 3.20. The molecule has 0 aliphatic carbocycles. The van der Waals surface area contributed by atoms with Crippen molar-refractivity contribution in [3.63, 3.8) is 0 Å². The summed E-state index contributed by atoms with van der Waals surface area (Å²) < 4.78 is 12.6. The summed E-state index contributed by atoms with van der Waals surface area (Å²) in [6.45, 7) is 4.31. The molecule has 66 valence electrons. The predicted molar refractivity (Wildman–Crippen MR) is 47.4 cm³/mol. The topological polar surface area (TPSA) is 12.9 Å². The van der Waals surface area contributed by atoms with E-state index < -0.39 is 0 Å². The van der Waals surface area contributed by atoms with E-state index >= 15 is 0 Å². The maximum atomic E-state index is 12.6. The Morgan fingerprint density at radius 2 is 2.33 bits per heavy atom. The molecule has 1 aromatic rings. The van der Waals surface area contributed by atoms with Crippen LogP contribution in [-0.4, -0.2) is 4.98 Å². The molecule has 0 aliphatic rings. The molecule has 0 N–H and O–H groups in total. The smallest absolute Gasteiger partial charge is 0.213 e. The molecule has 0 radical (unpaired) electrons. The lowest BCUT2D eigenvalue weighted by atomic mass is 10.00. The monoisotopic (exact) mass is 167 g/mol. The molecule has 0 aliphatic heterocycles. The minimum atomic E-state index is -0.379. The average Bonchev–Trinajstić information content (AvgIpc) is 2.04. The van der Waals surface area contributed by atoms with Crippen molar-refractivity contribution < 1.29 is 4.39 Å². The van der Waals surface area contributed by atoms with Gasteiger partial charge in [0.2, 0.25) is 5.95 Å². The van der Waals surface area contributed by atoms with Crippen LogP contribution in [0.1, 0.15) is 25.8 Å². The van der Waals surface area contributed by atoms with Crippen molar-refractivity contribution in [1.29, 1.82) is 0 Å². The molecule has 12 heavy (non-hydrogen) atoms. The van der Waals surface area contributed by atoms with Gasteiger partial charge >= 0.3 is 0 Å². The van der Waals surface area contributed by atoms with Crippen LogP contribution >= 0.6 is 0 Å². The Morgan fingerprint density at radius 3 is 2.92 bits per heavy atom. The molecule has 1 unspecified atom stereocenters. The molecule has 1 aromatic heterocycles.